The van der Waals surface area contributed by atoms with Crippen molar-refractivity contribution in [3.05, 3.63) is 29.8 Å². The van der Waals surface area contributed by atoms with Crippen LogP contribution >= 0.6 is 24.0 Å². The van der Waals surface area contributed by atoms with Crippen molar-refractivity contribution in [2.45, 2.75) is 37.3 Å². The van der Waals surface area contributed by atoms with E-state index in [1.165, 1.54) is 0 Å². The molecule has 1 saturated carbocycles. The lowest BCUT2D eigenvalue weighted by molar-refractivity contribution is -0.0279. The number of nitrogens with one attached hydrogen (secondary N) is 2. The number of benzene rings is 1. The molecule has 0 amide bonds. The Kier molecular flexibility index (Phi) is 5.91. The van der Waals surface area contributed by atoms with Crippen LogP contribution < -0.4 is 15.4 Å². The van der Waals surface area contributed by atoms with Crippen molar-refractivity contribution >= 4 is 29.9 Å². The summed E-state index contributed by atoms with van der Waals surface area (Å²) in [5.74, 6) is 1.67. The van der Waals surface area contributed by atoms with Gasteiger partial charge in [-0.05, 0) is 25.3 Å². The largest absolute Gasteiger partial charge is 0.493 e. The Morgan fingerprint density at radius 3 is 2.86 bits per heavy atom. The Morgan fingerprint density at radius 1 is 1.41 bits per heavy atom. The summed E-state index contributed by atoms with van der Waals surface area (Å²) in [5.41, 5.74) is 0.611. The fourth-order valence-corrected chi connectivity index (χ4v) is 2.86. The van der Waals surface area contributed by atoms with E-state index in [9.17, 15) is 5.11 Å². The van der Waals surface area contributed by atoms with E-state index < -0.39 is 5.60 Å². The summed E-state index contributed by atoms with van der Waals surface area (Å²) in [6.07, 6.45) is 3.76. The molecule has 1 aromatic rings. The minimum Gasteiger partial charge on any atom is -0.493 e. The first-order chi connectivity index (χ1) is 10.2. The quantitative estimate of drug-likeness (QED) is 0.401. The molecule has 0 saturated heterocycles. The Morgan fingerprint density at radius 2 is 2.18 bits per heavy atom. The summed E-state index contributed by atoms with van der Waals surface area (Å²) in [4.78, 5) is 4.26. The van der Waals surface area contributed by atoms with E-state index in [2.05, 4.69) is 21.7 Å². The number of ether oxygens (including phenoxy) is 1. The zero-order chi connectivity index (χ0) is 14.7. The molecule has 1 aliphatic carbocycles. The Bertz CT molecular complexity index is 532. The van der Waals surface area contributed by atoms with Crippen LogP contribution in [0.1, 0.15) is 37.3 Å². The molecule has 3 N–H and O–H groups in total. The van der Waals surface area contributed by atoms with Crippen molar-refractivity contribution in [2.24, 2.45) is 4.99 Å². The van der Waals surface area contributed by atoms with E-state index >= 15 is 0 Å². The van der Waals surface area contributed by atoms with E-state index in [-0.39, 0.29) is 30.0 Å². The van der Waals surface area contributed by atoms with Crippen LogP contribution in [-0.4, -0.2) is 36.9 Å². The standard InChI is InChI=1S/C16H23N3O2.HI/c1-17-15(18-11-16(20)8-4-9-16)19-13-7-10-21-14-6-3-2-5-12(13)14;/h2-3,5-6,13,20H,4,7-11H2,1H3,(H2,17,18,19);1H. The maximum atomic E-state index is 10.2. The van der Waals surface area contributed by atoms with E-state index in [0.29, 0.717) is 13.2 Å². The first kappa shape index (κ1) is 17.3. The predicted octanol–water partition coefficient (Wildman–Crippen LogP) is 2.21. The molecule has 1 aromatic carbocycles. The van der Waals surface area contributed by atoms with Gasteiger partial charge in [0.25, 0.3) is 0 Å². The Hall–Kier alpha value is -1.02. The third kappa shape index (κ3) is 3.84. The van der Waals surface area contributed by atoms with Gasteiger partial charge in [0, 0.05) is 25.6 Å². The summed E-state index contributed by atoms with van der Waals surface area (Å²) in [6.45, 7) is 1.26. The molecule has 1 unspecified atom stereocenters. The van der Waals surface area contributed by atoms with Crippen LogP contribution in [0.25, 0.3) is 0 Å². The van der Waals surface area contributed by atoms with Crippen molar-refractivity contribution in [3.63, 3.8) is 0 Å². The summed E-state index contributed by atoms with van der Waals surface area (Å²) in [5, 5.41) is 16.8. The van der Waals surface area contributed by atoms with Gasteiger partial charge in [0.15, 0.2) is 5.96 Å². The molecule has 1 fully saturated rings. The van der Waals surface area contributed by atoms with Crippen LogP contribution in [0.3, 0.4) is 0 Å². The first-order valence-electron chi connectivity index (χ1n) is 7.61. The molecule has 1 atom stereocenters. The number of guanidine groups is 1. The second-order valence-electron chi connectivity index (χ2n) is 5.88. The van der Waals surface area contributed by atoms with Gasteiger partial charge in [-0.15, -0.1) is 24.0 Å². The van der Waals surface area contributed by atoms with E-state index in [1.807, 2.05) is 18.2 Å². The van der Waals surface area contributed by atoms with Crippen LogP contribution in [0, 0.1) is 0 Å². The van der Waals surface area contributed by atoms with Crippen molar-refractivity contribution < 1.29 is 9.84 Å². The van der Waals surface area contributed by atoms with Gasteiger partial charge < -0.3 is 20.5 Å². The summed E-state index contributed by atoms with van der Waals surface area (Å²) in [6, 6.07) is 8.28. The van der Waals surface area contributed by atoms with Gasteiger partial charge in [0.2, 0.25) is 0 Å². The molecule has 122 valence electrons. The molecule has 0 radical (unpaired) electrons. The van der Waals surface area contributed by atoms with Crippen molar-refractivity contribution in [1.29, 1.82) is 0 Å². The number of para-hydroxylation sites is 1. The second kappa shape index (κ2) is 7.50. The average molecular weight is 417 g/mol. The topological polar surface area (TPSA) is 65.9 Å². The van der Waals surface area contributed by atoms with Crippen molar-refractivity contribution in [1.82, 2.24) is 10.6 Å². The highest BCUT2D eigenvalue weighted by atomic mass is 127. The minimum atomic E-state index is -0.550. The van der Waals surface area contributed by atoms with Crippen LogP contribution in [-0.2, 0) is 0 Å². The second-order valence-corrected chi connectivity index (χ2v) is 5.88. The van der Waals surface area contributed by atoms with E-state index in [1.54, 1.807) is 7.05 Å². The van der Waals surface area contributed by atoms with Gasteiger partial charge in [-0.25, -0.2) is 0 Å². The fourth-order valence-electron chi connectivity index (χ4n) is 2.86. The lowest BCUT2D eigenvalue weighted by Crippen LogP contribution is -2.51. The number of nitrogens with zero attached hydrogens (tertiary/aromatic N) is 1. The number of hydrogen-bond acceptors (Lipinski definition) is 3. The predicted molar refractivity (Wildman–Crippen MR) is 98.0 cm³/mol. The van der Waals surface area contributed by atoms with Crippen LogP contribution in [0.5, 0.6) is 5.75 Å². The fraction of sp³-hybridized carbons (Fsp3) is 0.562. The third-order valence-corrected chi connectivity index (χ3v) is 4.36. The lowest BCUT2D eigenvalue weighted by atomic mass is 9.80. The highest BCUT2D eigenvalue weighted by molar-refractivity contribution is 14.0. The van der Waals surface area contributed by atoms with E-state index in [4.69, 9.17) is 4.74 Å². The van der Waals surface area contributed by atoms with Gasteiger partial charge in [0.1, 0.15) is 5.75 Å². The van der Waals surface area contributed by atoms with Gasteiger partial charge >= 0.3 is 0 Å². The molecule has 2 aliphatic rings. The Labute approximate surface area is 148 Å². The molecular formula is C16H24IN3O2. The number of rotatable bonds is 3. The smallest absolute Gasteiger partial charge is 0.191 e. The summed E-state index contributed by atoms with van der Waals surface area (Å²) >= 11 is 0. The van der Waals surface area contributed by atoms with Crippen LogP contribution in [0.4, 0.5) is 0 Å². The average Bonchev–Trinajstić information content (AvgIpc) is 2.49. The van der Waals surface area contributed by atoms with Gasteiger partial charge in [0.05, 0.1) is 18.2 Å². The molecule has 1 aliphatic heterocycles. The van der Waals surface area contributed by atoms with Crippen LogP contribution in [0.2, 0.25) is 0 Å². The molecule has 1 heterocycles. The monoisotopic (exact) mass is 417 g/mol. The molecular weight excluding hydrogens is 393 g/mol. The minimum absolute atomic E-state index is 0. The van der Waals surface area contributed by atoms with Gasteiger partial charge in [-0.1, -0.05) is 18.2 Å². The highest BCUT2D eigenvalue weighted by Gasteiger charge is 2.34. The molecule has 3 rings (SSSR count). The zero-order valence-corrected chi connectivity index (χ0v) is 15.2. The molecule has 22 heavy (non-hydrogen) atoms. The zero-order valence-electron chi connectivity index (χ0n) is 12.8. The molecule has 0 bridgehead atoms. The highest BCUT2D eigenvalue weighted by Crippen LogP contribution is 2.32. The number of aliphatic hydroxyl groups is 1. The number of fused-ring (bicyclic) bond motifs is 1. The van der Waals surface area contributed by atoms with Gasteiger partial charge in [-0.3, -0.25) is 4.99 Å². The third-order valence-electron chi connectivity index (χ3n) is 4.36. The number of aliphatic imine (C=N–C) groups is 1. The maximum Gasteiger partial charge on any atom is 0.191 e. The molecule has 5 nitrogen and oxygen atoms in total. The molecule has 0 spiro atoms. The lowest BCUT2D eigenvalue weighted by Gasteiger charge is -2.37. The Balaban J connectivity index is 0.00000176. The van der Waals surface area contributed by atoms with Crippen molar-refractivity contribution in [2.75, 3.05) is 20.2 Å². The number of halogens is 1. The summed E-state index contributed by atoms with van der Waals surface area (Å²) in [7, 11) is 1.76. The van der Waals surface area contributed by atoms with Gasteiger partial charge in [-0.2, -0.15) is 0 Å². The van der Waals surface area contributed by atoms with Crippen molar-refractivity contribution in [3.8, 4) is 5.75 Å². The number of hydrogen-bond donors (Lipinski definition) is 3. The van der Waals surface area contributed by atoms with E-state index in [0.717, 1.165) is 43.0 Å². The summed E-state index contributed by atoms with van der Waals surface area (Å²) < 4.78 is 5.67. The first-order valence-corrected chi connectivity index (χ1v) is 7.61. The maximum absolute atomic E-state index is 10.2. The SMILES string of the molecule is CN=C(NCC1(O)CCC1)NC1CCOc2ccccc21.I. The normalized spacial score (nSPS) is 22.5. The molecule has 6 heteroatoms. The molecule has 0 aromatic heterocycles. The van der Waals surface area contributed by atoms with Crippen LogP contribution in [0.15, 0.2) is 29.3 Å².